The molecule has 4 amide bonds. The fourth-order valence-electron chi connectivity index (χ4n) is 2.90. The van der Waals surface area contributed by atoms with Crippen molar-refractivity contribution < 1.29 is 39.3 Å². The number of carbonyl (C=O) groups excluding carboxylic acids is 4. The minimum atomic E-state index is -1.50. The van der Waals surface area contributed by atoms with Crippen LogP contribution < -0.4 is 27.4 Å². The second kappa shape index (κ2) is 14.8. The van der Waals surface area contributed by atoms with Gasteiger partial charge in [-0.05, 0) is 36.1 Å². The number of aliphatic hydroxyl groups excluding tert-OH is 1. The summed E-state index contributed by atoms with van der Waals surface area (Å²) >= 11 is 1.39. The Morgan fingerprint density at radius 2 is 1.49 bits per heavy atom. The monoisotopic (exact) mass is 513 g/mol. The highest BCUT2D eigenvalue weighted by atomic mass is 32.2. The number of carboxylic acids is 1. The number of benzene rings is 1. The third-order valence-corrected chi connectivity index (χ3v) is 5.45. The van der Waals surface area contributed by atoms with Gasteiger partial charge >= 0.3 is 5.97 Å². The number of carboxylic acid groups (broad SMARTS) is 1. The topological polar surface area (TPSA) is 234 Å². The molecule has 10 N–H and O–H groups in total. The Bertz CT molecular complexity index is 898. The molecule has 194 valence electrons. The number of thioether (sulfide) groups is 1. The number of hydrogen-bond acceptors (Lipinski definition) is 9. The highest BCUT2D eigenvalue weighted by Crippen LogP contribution is 2.11. The van der Waals surface area contributed by atoms with E-state index in [-0.39, 0.29) is 18.6 Å². The van der Waals surface area contributed by atoms with Gasteiger partial charge in [-0.1, -0.05) is 12.1 Å². The van der Waals surface area contributed by atoms with Gasteiger partial charge < -0.3 is 42.7 Å². The van der Waals surface area contributed by atoms with Crippen molar-refractivity contribution in [3.05, 3.63) is 29.8 Å². The summed E-state index contributed by atoms with van der Waals surface area (Å²) in [6.45, 7) is -0.840. The molecular formula is C21H31N5O8S. The van der Waals surface area contributed by atoms with Crippen LogP contribution in [-0.2, 0) is 30.4 Å². The molecule has 4 unspecified atom stereocenters. The molecule has 0 aliphatic carbocycles. The number of amides is 4. The van der Waals surface area contributed by atoms with E-state index in [1.165, 1.54) is 36.0 Å². The minimum Gasteiger partial charge on any atom is -0.508 e. The number of hydrogen-bond donors (Lipinski definition) is 8. The molecular weight excluding hydrogens is 482 g/mol. The van der Waals surface area contributed by atoms with Gasteiger partial charge in [0.25, 0.3) is 0 Å². The number of primary amides is 1. The average molecular weight is 514 g/mol. The van der Waals surface area contributed by atoms with E-state index in [0.717, 1.165) is 0 Å². The Balaban J connectivity index is 2.86. The molecule has 13 nitrogen and oxygen atoms in total. The SMILES string of the molecule is CSCCC(NC(=O)C(N)CC(N)=O)C(=O)NC(CO)C(=O)NC(Cc1ccc(O)cc1)C(=O)O. The quantitative estimate of drug-likeness (QED) is 0.122. The van der Waals surface area contributed by atoms with E-state index in [2.05, 4.69) is 16.0 Å². The smallest absolute Gasteiger partial charge is 0.326 e. The molecule has 0 heterocycles. The second-order valence-corrected chi connectivity index (χ2v) is 8.62. The van der Waals surface area contributed by atoms with E-state index in [4.69, 9.17) is 11.5 Å². The Morgan fingerprint density at radius 1 is 0.943 bits per heavy atom. The zero-order chi connectivity index (χ0) is 26.5. The summed E-state index contributed by atoms with van der Waals surface area (Å²) in [5.74, 6) is -4.25. The van der Waals surface area contributed by atoms with Crippen LogP contribution in [-0.4, -0.2) is 87.7 Å². The van der Waals surface area contributed by atoms with E-state index in [0.29, 0.717) is 11.3 Å². The van der Waals surface area contributed by atoms with E-state index in [9.17, 15) is 39.3 Å². The third-order valence-electron chi connectivity index (χ3n) is 4.81. The number of aliphatic carboxylic acids is 1. The van der Waals surface area contributed by atoms with E-state index >= 15 is 0 Å². The van der Waals surface area contributed by atoms with Crippen LogP contribution >= 0.6 is 11.8 Å². The largest absolute Gasteiger partial charge is 0.508 e. The van der Waals surface area contributed by atoms with Gasteiger partial charge in [-0.25, -0.2) is 4.79 Å². The highest BCUT2D eigenvalue weighted by molar-refractivity contribution is 7.98. The van der Waals surface area contributed by atoms with Crippen molar-refractivity contribution in [2.75, 3.05) is 18.6 Å². The van der Waals surface area contributed by atoms with Gasteiger partial charge in [-0.2, -0.15) is 11.8 Å². The molecule has 0 bridgehead atoms. The molecule has 0 saturated carbocycles. The number of nitrogens with two attached hydrogens (primary N) is 2. The molecule has 0 fully saturated rings. The molecule has 0 spiro atoms. The molecule has 0 aliphatic rings. The lowest BCUT2D eigenvalue weighted by Crippen LogP contribution is -2.58. The summed E-state index contributed by atoms with van der Waals surface area (Å²) < 4.78 is 0. The normalized spacial score (nSPS) is 14.1. The van der Waals surface area contributed by atoms with E-state index in [1.807, 2.05) is 0 Å². The predicted octanol–water partition coefficient (Wildman–Crippen LogP) is -2.58. The van der Waals surface area contributed by atoms with Crippen LogP contribution in [0, 0.1) is 0 Å². The number of phenolic OH excluding ortho intramolecular Hbond substituents is 1. The number of nitrogens with one attached hydrogen (secondary N) is 3. The first kappa shape index (κ1) is 29.7. The van der Waals surface area contributed by atoms with Crippen molar-refractivity contribution in [1.29, 1.82) is 0 Å². The molecule has 35 heavy (non-hydrogen) atoms. The van der Waals surface area contributed by atoms with Crippen molar-refractivity contribution in [1.82, 2.24) is 16.0 Å². The molecule has 14 heteroatoms. The lowest BCUT2D eigenvalue weighted by atomic mass is 10.1. The maximum Gasteiger partial charge on any atom is 0.326 e. The Kier molecular flexibility index (Phi) is 12.6. The van der Waals surface area contributed by atoms with Gasteiger partial charge in [0.05, 0.1) is 19.1 Å². The summed E-state index contributed by atoms with van der Waals surface area (Å²) in [5, 5.41) is 35.4. The zero-order valence-electron chi connectivity index (χ0n) is 19.1. The van der Waals surface area contributed by atoms with Gasteiger partial charge in [0, 0.05) is 6.42 Å². The van der Waals surface area contributed by atoms with Crippen LogP contribution in [0.5, 0.6) is 5.75 Å². The van der Waals surface area contributed by atoms with Gasteiger partial charge in [0.15, 0.2) is 0 Å². The average Bonchev–Trinajstić information content (AvgIpc) is 2.79. The van der Waals surface area contributed by atoms with Gasteiger partial charge in [0.2, 0.25) is 23.6 Å². The Morgan fingerprint density at radius 3 is 2.00 bits per heavy atom. The zero-order valence-corrected chi connectivity index (χ0v) is 19.9. The minimum absolute atomic E-state index is 0.00795. The van der Waals surface area contributed by atoms with Crippen LogP contribution in [0.25, 0.3) is 0 Å². The van der Waals surface area contributed by atoms with Crippen LogP contribution in [0.4, 0.5) is 0 Å². The number of aliphatic hydroxyl groups is 1. The fraction of sp³-hybridized carbons (Fsp3) is 0.476. The summed E-state index contributed by atoms with van der Waals surface area (Å²) in [4.78, 5) is 60.2. The lowest BCUT2D eigenvalue weighted by Gasteiger charge is -2.24. The number of carbonyl (C=O) groups is 5. The summed E-state index contributed by atoms with van der Waals surface area (Å²) in [6, 6.07) is 0.424. The first-order valence-electron chi connectivity index (χ1n) is 10.5. The first-order valence-corrected chi connectivity index (χ1v) is 11.9. The van der Waals surface area contributed by atoms with Crippen LogP contribution in [0.2, 0.25) is 0 Å². The maximum atomic E-state index is 12.7. The molecule has 1 aromatic rings. The van der Waals surface area contributed by atoms with Crippen LogP contribution in [0.15, 0.2) is 24.3 Å². The Hall–Kier alpha value is -3.36. The van der Waals surface area contributed by atoms with Crippen LogP contribution in [0.1, 0.15) is 18.4 Å². The van der Waals surface area contributed by atoms with Crippen LogP contribution in [0.3, 0.4) is 0 Å². The number of rotatable bonds is 15. The standard InChI is InChI=1S/C21H31N5O8S/c1-35-7-6-14(24-18(30)13(22)9-17(23)29)19(31)26-16(10-27)20(32)25-15(21(33)34)8-11-2-4-12(28)5-3-11/h2-5,13-16,27-28H,6-10,22H2,1H3,(H2,23,29)(H,24,30)(H,25,32)(H,26,31)(H,33,34). The van der Waals surface area contributed by atoms with Crippen molar-refractivity contribution >= 4 is 41.4 Å². The van der Waals surface area contributed by atoms with Crippen molar-refractivity contribution in [3.8, 4) is 5.75 Å². The predicted molar refractivity (Wildman–Crippen MR) is 127 cm³/mol. The molecule has 4 atom stereocenters. The summed E-state index contributed by atoms with van der Waals surface area (Å²) in [5.41, 5.74) is 11.2. The number of phenols is 1. The number of aromatic hydroxyl groups is 1. The molecule has 1 aromatic carbocycles. The van der Waals surface area contributed by atoms with Gasteiger partial charge in [0.1, 0.15) is 23.9 Å². The summed E-state index contributed by atoms with van der Waals surface area (Å²) in [7, 11) is 0. The van der Waals surface area contributed by atoms with Gasteiger partial charge in [-0.15, -0.1) is 0 Å². The third kappa shape index (κ3) is 10.6. The van der Waals surface area contributed by atoms with Crippen molar-refractivity contribution in [3.63, 3.8) is 0 Å². The molecule has 0 aromatic heterocycles. The Labute approximate surface area is 206 Å². The second-order valence-electron chi connectivity index (χ2n) is 7.63. The lowest BCUT2D eigenvalue weighted by molar-refractivity contribution is -0.142. The van der Waals surface area contributed by atoms with E-state index < -0.39 is 66.8 Å². The van der Waals surface area contributed by atoms with Gasteiger partial charge in [-0.3, -0.25) is 19.2 Å². The van der Waals surface area contributed by atoms with Crippen molar-refractivity contribution in [2.24, 2.45) is 11.5 Å². The molecule has 1 rings (SSSR count). The maximum absolute atomic E-state index is 12.7. The highest BCUT2D eigenvalue weighted by Gasteiger charge is 2.30. The molecule has 0 radical (unpaired) electrons. The first-order chi connectivity index (χ1) is 16.5. The fourth-order valence-corrected chi connectivity index (χ4v) is 3.37. The van der Waals surface area contributed by atoms with Crippen molar-refractivity contribution in [2.45, 2.75) is 43.4 Å². The molecule has 0 saturated heterocycles. The van der Waals surface area contributed by atoms with E-state index in [1.54, 1.807) is 6.26 Å². The summed E-state index contributed by atoms with van der Waals surface area (Å²) in [6.07, 6.45) is 1.39. The molecule has 0 aliphatic heterocycles.